The highest BCUT2D eigenvalue weighted by atomic mass is 79.9. The Kier molecular flexibility index (Phi) is 4.11. The van der Waals surface area contributed by atoms with E-state index in [0.717, 1.165) is 31.9 Å². The molecule has 3 aromatic carbocycles. The van der Waals surface area contributed by atoms with Gasteiger partial charge in [-0.2, -0.15) is 0 Å². The first-order valence-corrected chi connectivity index (χ1v) is 10.0. The lowest BCUT2D eigenvalue weighted by Crippen LogP contribution is -2.44. The van der Waals surface area contributed by atoms with Crippen LogP contribution in [-0.2, 0) is 0 Å². The molecule has 0 amide bonds. The summed E-state index contributed by atoms with van der Waals surface area (Å²) in [7, 11) is 1.60. The van der Waals surface area contributed by atoms with Crippen LogP contribution in [0.5, 0.6) is 17.2 Å². The van der Waals surface area contributed by atoms with Gasteiger partial charge in [-0.25, -0.2) is 0 Å². The highest BCUT2D eigenvalue weighted by molar-refractivity contribution is 9.10. The smallest absolute Gasteiger partial charge is 0.294 e. The highest BCUT2D eigenvalue weighted by Gasteiger charge is 2.41. The second-order valence-corrected chi connectivity index (χ2v) is 8.11. The van der Waals surface area contributed by atoms with Crippen LogP contribution in [0.4, 0.5) is 5.69 Å². The summed E-state index contributed by atoms with van der Waals surface area (Å²) in [5.41, 5.74) is 2.71. The first kappa shape index (κ1) is 18.7. The van der Waals surface area contributed by atoms with E-state index in [1.807, 2.05) is 49.4 Å². The van der Waals surface area contributed by atoms with Crippen molar-refractivity contribution in [2.45, 2.75) is 12.7 Å². The summed E-state index contributed by atoms with van der Waals surface area (Å²) in [6.07, 6.45) is 5.83. The first-order valence-electron chi connectivity index (χ1n) is 9.25. The molecule has 1 atom stereocenters. The van der Waals surface area contributed by atoms with Gasteiger partial charge in [-0.15, -0.1) is 0 Å². The molecule has 0 bridgehead atoms. The molecule has 1 unspecified atom stereocenters. The second kappa shape index (κ2) is 6.60. The lowest BCUT2D eigenvalue weighted by atomic mass is 9.94. The topological polar surface area (TPSA) is 70.8 Å². The van der Waals surface area contributed by atoms with Crippen LogP contribution in [0.2, 0.25) is 0 Å². The van der Waals surface area contributed by atoms with E-state index in [2.05, 4.69) is 15.9 Å². The number of hydrogen-bond acceptors (Lipinski definition) is 5. The van der Waals surface area contributed by atoms with Crippen molar-refractivity contribution < 1.29 is 19.1 Å². The zero-order valence-corrected chi connectivity index (χ0v) is 17.7. The Morgan fingerprint density at radius 3 is 2.73 bits per heavy atom. The maximum atomic E-state index is 11.1. The Morgan fingerprint density at radius 1 is 1.13 bits per heavy atom. The highest BCUT2D eigenvalue weighted by Crippen LogP contribution is 2.47. The Hall–Kier alpha value is -3.32. The Morgan fingerprint density at radius 2 is 1.97 bits per heavy atom. The Bertz CT molecular complexity index is 1300. The van der Waals surface area contributed by atoms with Crippen LogP contribution in [0.3, 0.4) is 0 Å². The van der Waals surface area contributed by atoms with Crippen molar-refractivity contribution in [3.63, 3.8) is 0 Å². The minimum atomic E-state index is -1.09. The number of hydrogen-bond donors (Lipinski definition) is 0. The van der Waals surface area contributed by atoms with Crippen LogP contribution in [-0.4, -0.2) is 17.8 Å². The third kappa shape index (κ3) is 2.77. The predicted molar refractivity (Wildman–Crippen MR) is 118 cm³/mol. The summed E-state index contributed by atoms with van der Waals surface area (Å²) in [6.45, 7) is 1.95. The van der Waals surface area contributed by atoms with Crippen LogP contribution in [0, 0.1) is 10.1 Å². The fourth-order valence-electron chi connectivity index (χ4n) is 3.88. The monoisotopic (exact) mass is 465 g/mol. The molecule has 3 aromatic rings. The van der Waals surface area contributed by atoms with Gasteiger partial charge in [0.25, 0.3) is 11.5 Å². The van der Waals surface area contributed by atoms with E-state index in [1.54, 1.807) is 19.2 Å². The van der Waals surface area contributed by atoms with E-state index in [4.69, 9.17) is 14.2 Å². The molecule has 0 saturated carbocycles. The SMILES string of the molecule is COc1cc(Br)cc2c1OC1(C=Cc3c(ccc4cc([N+](=O)[O-])ccc34)O1)C(C)=C2. The van der Waals surface area contributed by atoms with E-state index in [1.165, 1.54) is 6.07 Å². The number of rotatable bonds is 2. The summed E-state index contributed by atoms with van der Waals surface area (Å²) in [5.74, 6) is 0.772. The summed E-state index contributed by atoms with van der Waals surface area (Å²) < 4.78 is 19.1. The van der Waals surface area contributed by atoms with Crippen molar-refractivity contribution in [1.82, 2.24) is 0 Å². The van der Waals surface area contributed by atoms with Crippen molar-refractivity contribution in [1.29, 1.82) is 0 Å². The maximum Gasteiger partial charge on any atom is 0.294 e. The number of halogens is 1. The average Bonchev–Trinajstić information content (AvgIpc) is 2.73. The van der Waals surface area contributed by atoms with Crippen molar-refractivity contribution in [3.05, 3.63) is 79.8 Å². The molecule has 2 heterocycles. The van der Waals surface area contributed by atoms with Crippen molar-refractivity contribution in [2.24, 2.45) is 0 Å². The number of ether oxygens (including phenoxy) is 3. The van der Waals surface area contributed by atoms with Gasteiger partial charge in [0.15, 0.2) is 11.5 Å². The van der Waals surface area contributed by atoms with Crippen LogP contribution in [0.25, 0.3) is 22.9 Å². The number of methoxy groups -OCH3 is 1. The summed E-state index contributed by atoms with van der Waals surface area (Å²) in [6, 6.07) is 12.3. The maximum absolute atomic E-state index is 11.1. The number of fused-ring (bicyclic) bond motifs is 4. The van der Waals surface area contributed by atoms with Crippen LogP contribution >= 0.6 is 15.9 Å². The molecule has 0 saturated heterocycles. The summed E-state index contributed by atoms with van der Waals surface area (Å²) >= 11 is 3.50. The molecule has 2 aliphatic rings. The summed E-state index contributed by atoms with van der Waals surface area (Å²) in [5, 5.41) is 12.7. The van der Waals surface area contributed by atoms with Crippen LogP contribution in [0.1, 0.15) is 18.1 Å². The van der Waals surface area contributed by atoms with E-state index in [0.29, 0.717) is 17.2 Å². The zero-order valence-electron chi connectivity index (χ0n) is 16.1. The largest absolute Gasteiger partial charge is 0.493 e. The quantitative estimate of drug-likeness (QED) is 0.336. The third-order valence-electron chi connectivity index (χ3n) is 5.39. The van der Waals surface area contributed by atoms with Gasteiger partial charge in [0.1, 0.15) is 5.75 Å². The molecule has 2 aliphatic heterocycles. The molecule has 6 nitrogen and oxygen atoms in total. The molecule has 7 heteroatoms. The zero-order chi connectivity index (χ0) is 21.0. The normalized spacial score (nSPS) is 18.8. The van der Waals surface area contributed by atoms with Gasteiger partial charge in [0, 0.05) is 39.4 Å². The molecule has 0 radical (unpaired) electrons. The van der Waals surface area contributed by atoms with Gasteiger partial charge >= 0.3 is 0 Å². The average molecular weight is 466 g/mol. The number of nitrogens with zero attached hydrogens (tertiary/aromatic N) is 1. The molecule has 0 N–H and O–H groups in total. The molecule has 0 aromatic heterocycles. The fourth-order valence-corrected chi connectivity index (χ4v) is 4.33. The van der Waals surface area contributed by atoms with Gasteiger partial charge in [0.2, 0.25) is 0 Å². The van der Waals surface area contributed by atoms with E-state index in [-0.39, 0.29) is 5.69 Å². The minimum absolute atomic E-state index is 0.0592. The lowest BCUT2D eigenvalue weighted by molar-refractivity contribution is -0.384. The number of non-ortho nitro benzene ring substituents is 1. The van der Waals surface area contributed by atoms with Gasteiger partial charge in [0.05, 0.1) is 12.0 Å². The predicted octanol–water partition coefficient (Wildman–Crippen LogP) is 6.12. The third-order valence-corrected chi connectivity index (χ3v) is 5.85. The number of nitro benzene ring substituents is 1. The van der Waals surface area contributed by atoms with Gasteiger partial charge in [-0.3, -0.25) is 10.1 Å². The van der Waals surface area contributed by atoms with Gasteiger partial charge < -0.3 is 14.2 Å². The van der Waals surface area contributed by atoms with Crippen molar-refractivity contribution >= 4 is 44.5 Å². The molecular weight excluding hydrogens is 450 g/mol. The number of benzene rings is 3. The summed E-state index contributed by atoms with van der Waals surface area (Å²) in [4.78, 5) is 10.7. The van der Waals surface area contributed by atoms with Gasteiger partial charge in [-0.1, -0.05) is 22.0 Å². The Balaban J connectivity index is 1.61. The van der Waals surface area contributed by atoms with Crippen LogP contribution < -0.4 is 14.2 Å². The van der Waals surface area contributed by atoms with Gasteiger partial charge in [-0.05, 0) is 54.1 Å². The molecule has 0 aliphatic carbocycles. The van der Waals surface area contributed by atoms with Crippen molar-refractivity contribution in [2.75, 3.05) is 7.11 Å². The Labute approximate surface area is 180 Å². The lowest BCUT2D eigenvalue weighted by Gasteiger charge is -2.39. The fraction of sp³-hybridized carbons (Fsp3) is 0.130. The molecular formula is C23H16BrNO5. The van der Waals surface area contributed by atoms with E-state index >= 15 is 0 Å². The molecule has 150 valence electrons. The van der Waals surface area contributed by atoms with E-state index < -0.39 is 10.7 Å². The van der Waals surface area contributed by atoms with Crippen LogP contribution in [0.15, 0.2) is 58.6 Å². The van der Waals surface area contributed by atoms with E-state index in [9.17, 15) is 10.1 Å². The first-order chi connectivity index (χ1) is 14.4. The molecule has 5 rings (SSSR count). The molecule has 0 fully saturated rings. The minimum Gasteiger partial charge on any atom is -0.493 e. The van der Waals surface area contributed by atoms with Crippen molar-refractivity contribution in [3.8, 4) is 17.2 Å². The standard InChI is InChI=1S/C23H16BrNO5/c1-13-9-15-10-16(24)12-21(28-2)22(15)30-23(13)8-7-19-18-5-4-17(25(26)27)11-14(18)3-6-20(19)29-23/h3-12H,1-2H3. The molecule has 1 spiro atoms. The molecule has 30 heavy (non-hydrogen) atoms. The number of nitro groups is 1. The second-order valence-electron chi connectivity index (χ2n) is 7.20.